The first-order valence-corrected chi connectivity index (χ1v) is 6.67. The van der Waals surface area contributed by atoms with Crippen molar-refractivity contribution >= 4 is 0 Å². The first-order chi connectivity index (χ1) is 8.11. The molecule has 17 heavy (non-hydrogen) atoms. The molecule has 94 valence electrons. The van der Waals surface area contributed by atoms with Gasteiger partial charge in [-0.05, 0) is 37.8 Å². The third kappa shape index (κ3) is 3.30. The van der Waals surface area contributed by atoms with Crippen LogP contribution in [-0.2, 0) is 0 Å². The van der Waals surface area contributed by atoms with Crippen LogP contribution in [-0.4, -0.2) is 30.1 Å². The van der Waals surface area contributed by atoms with Gasteiger partial charge in [-0.1, -0.05) is 37.3 Å². The Hall–Kier alpha value is -0.860. The van der Waals surface area contributed by atoms with Crippen LogP contribution >= 0.6 is 0 Å². The minimum absolute atomic E-state index is 0.0361. The molecule has 2 atom stereocenters. The number of nitrogens with two attached hydrogens (primary N) is 1. The SMILES string of the molecule is CCC(C)(N)CN1CCC(c2ccccc2)C1. The zero-order valence-corrected chi connectivity index (χ0v) is 11.0. The van der Waals surface area contributed by atoms with Gasteiger partial charge >= 0.3 is 0 Å². The molecule has 2 heteroatoms. The van der Waals surface area contributed by atoms with E-state index < -0.39 is 0 Å². The van der Waals surface area contributed by atoms with Gasteiger partial charge in [-0.2, -0.15) is 0 Å². The summed E-state index contributed by atoms with van der Waals surface area (Å²) < 4.78 is 0. The summed E-state index contributed by atoms with van der Waals surface area (Å²) in [5.41, 5.74) is 7.68. The van der Waals surface area contributed by atoms with E-state index in [1.54, 1.807) is 0 Å². The summed E-state index contributed by atoms with van der Waals surface area (Å²) in [4.78, 5) is 2.52. The van der Waals surface area contributed by atoms with Crippen molar-refractivity contribution in [2.24, 2.45) is 5.73 Å². The highest BCUT2D eigenvalue weighted by molar-refractivity contribution is 5.21. The Kier molecular flexibility index (Phi) is 3.85. The fraction of sp³-hybridized carbons (Fsp3) is 0.600. The van der Waals surface area contributed by atoms with Crippen molar-refractivity contribution in [1.29, 1.82) is 0 Å². The van der Waals surface area contributed by atoms with Gasteiger partial charge in [-0.25, -0.2) is 0 Å². The van der Waals surface area contributed by atoms with E-state index in [0.717, 1.165) is 19.5 Å². The van der Waals surface area contributed by atoms with Gasteiger partial charge in [0.15, 0.2) is 0 Å². The highest BCUT2D eigenvalue weighted by atomic mass is 15.2. The molecule has 1 aromatic rings. The van der Waals surface area contributed by atoms with Crippen LogP contribution in [0.2, 0.25) is 0 Å². The first-order valence-electron chi connectivity index (χ1n) is 6.67. The monoisotopic (exact) mass is 232 g/mol. The van der Waals surface area contributed by atoms with Crippen molar-refractivity contribution in [2.75, 3.05) is 19.6 Å². The van der Waals surface area contributed by atoms with Crippen LogP contribution < -0.4 is 5.73 Å². The molecule has 1 aromatic carbocycles. The molecule has 2 rings (SSSR count). The van der Waals surface area contributed by atoms with Crippen molar-refractivity contribution in [2.45, 2.75) is 38.1 Å². The van der Waals surface area contributed by atoms with Gasteiger partial charge in [0, 0.05) is 18.6 Å². The van der Waals surface area contributed by atoms with Crippen LogP contribution in [0, 0.1) is 0 Å². The quantitative estimate of drug-likeness (QED) is 0.864. The number of hydrogen-bond acceptors (Lipinski definition) is 2. The molecule has 1 heterocycles. The molecule has 0 amide bonds. The van der Waals surface area contributed by atoms with Crippen LogP contribution in [0.4, 0.5) is 0 Å². The lowest BCUT2D eigenvalue weighted by molar-refractivity contribution is 0.251. The first kappa shape index (κ1) is 12.6. The molecular formula is C15H24N2. The molecule has 1 fully saturated rings. The standard InChI is InChI=1S/C15H24N2/c1-3-15(2,16)12-17-10-9-14(11-17)13-7-5-4-6-8-13/h4-8,14H,3,9-12,16H2,1-2H3. The summed E-state index contributed by atoms with van der Waals surface area (Å²) in [5, 5.41) is 0. The Morgan fingerprint density at radius 3 is 2.71 bits per heavy atom. The van der Waals surface area contributed by atoms with Gasteiger partial charge < -0.3 is 10.6 Å². The van der Waals surface area contributed by atoms with E-state index in [1.807, 2.05) is 0 Å². The Balaban J connectivity index is 1.92. The van der Waals surface area contributed by atoms with E-state index in [1.165, 1.54) is 18.5 Å². The smallest absolute Gasteiger partial charge is 0.0252 e. The Labute approximate surface area is 105 Å². The second-order valence-corrected chi connectivity index (χ2v) is 5.64. The van der Waals surface area contributed by atoms with Gasteiger partial charge in [0.25, 0.3) is 0 Å². The largest absolute Gasteiger partial charge is 0.324 e. The molecule has 2 unspecified atom stereocenters. The van der Waals surface area contributed by atoms with E-state index in [-0.39, 0.29) is 5.54 Å². The van der Waals surface area contributed by atoms with Crippen LogP contribution in [0.5, 0.6) is 0 Å². The normalized spacial score (nSPS) is 24.8. The predicted molar refractivity (Wildman–Crippen MR) is 73.1 cm³/mol. The van der Waals surface area contributed by atoms with Gasteiger partial charge in [-0.3, -0.25) is 0 Å². The van der Waals surface area contributed by atoms with Gasteiger partial charge in [0.1, 0.15) is 0 Å². The molecule has 1 saturated heterocycles. The van der Waals surface area contributed by atoms with E-state index in [9.17, 15) is 0 Å². The third-order valence-electron chi connectivity index (χ3n) is 3.94. The fourth-order valence-corrected chi connectivity index (χ4v) is 2.60. The minimum atomic E-state index is -0.0361. The number of benzene rings is 1. The van der Waals surface area contributed by atoms with E-state index >= 15 is 0 Å². The molecule has 0 radical (unpaired) electrons. The summed E-state index contributed by atoms with van der Waals surface area (Å²) in [5.74, 6) is 0.698. The lowest BCUT2D eigenvalue weighted by atomic mass is 9.98. The lowest BCUT2D eigenvalue weighted by Crippen LogP contribution is -2.46. The number of hydrogen-bond donors (Lipinski definition) is 1. The highest BCUT2D eigenvalue weighted by Crippen LogP contribution is 2.27. The van der Waals surface area contributed by atoms with E-state index in [4.69, 9.17) is 5.73 Å². The molecule has 1 aliphatic rings. The summed E-state index contributed by atoms with van der Waals surface area (Å²) in [6.45, 7) is 7.70. The number of rotatable bonds is 4. The summed E-state index contributed by atoms with van der Waals surface area (Å²) in [7, 11) is 0. The minimum Gasteiger partial charge on any atom is -0.324 e. The second kappa shape index (κ2) is 5.19. The van der Waals surface area contributed by atoms with Crippen LogP contribution in [0.3, 0.4) is 0 Å². The van der Waals surface area contributed by atoms with Crippen LogP contribution in [0.25, 0.3) is 0 Å². The maximum absolute atomic E-state index is 6.24. The number of nitrogens with zero attached hydrogens (tertiary/aromatic N) is 1. The predicted octanol–water partition coefficient (Wildman–Crippen LogP) is 2.60. The maximum Gasteiger partial charge on any atom is 0.0252 e. The van der Waals surface area contributed by atoms with Crippen molar-refractivity contribution in [1.82, 2.24) is 4.90 Å². The van der Waals surface area contributed by atoms with Crippen molar-refractivity contribution < 1.29 is 0 Å². The molecule has 1 aliphatic heterocycles. The van der Waals surface area contributed by atoms with E-state index in [2.05, 4.69) is 49.1 Å². The van der Waals surface area contributed by atoms with Crippen molar-refractivity contribution in [3.63, 3.8) is 0 Å². The molecule has 0 aromatic heterocycles. The van der Waals surface area contributed by atoms with Crippen LogP contribution in [0.15, 0.2) is 30.3 Å². The lowest BCUT2D eigenvalue weighted by Gasteiger charge is -2.29. The topological polar surface area (TPSA) is 29.3 Å². The molecule has 0 aliphatic carbocycles. The van der Waals surface area contributed by atoms with Crippen molar-refractivity contribution in [3.8, 4) is 0 Å². The maximum atomic E-state index is 6.24. The van der Waals surface area contributed by atoms with Gasteiger partial charge in [-0.15, -0.1) is 0 Å². The Bertz CT molecular complexity index is 345. The van der Waals surface area contributed by atoms with Gasteiger partial charge in [0.2, 0.25) is 0 Å². The van der Waals surface area contributed by atoms with Crippen LogP contribution in [0.1, 0.15) is 38.2 Å². The molecule has 2 nitrogen and oxygen atoms in total. The Morgan fingerprint density at radius 2 is 2.06 bits per heavy atom. The number of likely N-dealkylation sites (tertiary alicyclic amines) is 1. The fourth-order valence-electron chi connectivity index (χ4n) is 2.60. The molecular weight excluding hydrogens is 208 g/mol. The summed E-state index contributed by atoms with van der Waals surface area (Å²) in [6, 6.07) is 10.9. The average molecular weight is 232 g/mol. The molecule has 0 bridgehead atoms. The summed E-state index contributed by atoms with van der Waals surface area (Å²) in [6.07, 6.45) is 2.31. The zero-order chi connectivity index (χ0) is 12.3. The van der Waals surface area contributed by atoms with Gasteiger partial charge in [0.05, 0.1) is 0 Å². The molecule has 2 N–H and O–H groups in total. The Morgan fingerprint density at radius 1 is 1.35 bits per heavy atom. The summed E-state index contributed by atoms with van der Waals surface area (Å²) >= 11 is 0. The average Bonchev–Trinajstić information content (AvgIpc) is 2.78. The highest BCUT2D eigenvalue weighted by Gasteiger charge is 2.28. The second-order valence-electron chi connectivity index (χ2n) is 5.64. The molecule has 0 spiro atoms. The molecule has 0 saturated carbocycles. The van der Waals surface area contributed by atoms with E-state index in [0.29, 0.717) is 5.92 Å². The van der Waals surface area contributed by atoms with Crippen molar-refractivity contribution in [3.05, 3.63) is 35.9 Å². The zero-order valence-electron chi connectivity index (χ0n) is 11.0. The third-order valence-corrected chi connectivity index (χ3v) is 3.94.